The molecule has 0 aliphatic carbocycles. The number of hydrogen-bond acceptors (Lipinski definition) is 5. The van der Waals surface area contributed by atoms with Gasteiger partial charge in [-0.25, -0.2) is 0 Å². The number of carboxylic acid groups (broad SMARTS) is 1. The van der Waals surface area contributed by atoms with Gasteiger partial charge in [-0.15, -0.1) is 0 Å². The summed E-state index contributed by atoms with van der Waals surface area (Å²) in [5.41, 5.74) is -0.457. The molecule has 0 bridgehead atoms. The van der Waals surface area contributed by atoms with Crippen molar-refractivity contribution < 1.29 is 28.7 Å². The first-order chi connectivity index (χ1) is 10.3. The van der Waals surface area contributed by atoms with Crippen molar-refractivity contribution in [2.24, 2.45) is 5.92 Å². The third kappa shape index (κ3) is 7.41. The molecule has 0 saturated carbocycles. The van der Waals surface area contributed by atoms with Crippen molar-refractivity contribution in [3.63, 3.8) is 0 Å². The van der Waals surface area contributed by atoms with Crippen LogP contribution in [-0.2, 0) is 23.5 Å². The number of esters is 1. The standard InChI is InChI=1S/C15H30O6Si2/c1-10(7-12(17)18)13(22)14(19)21-11(8-16)9-20-23(5,6)15(2,3)4/h8,10-11,13H,7,9H2,1-6,22H3,(H,17,18). The molecule has 1 N–H and O–H groups in total. The second kappa shape index (κ2) is 8.74. The number of carbonyl (C=O) groups is 3. The molecular formula is C15H30O6Si2. The molecule has 0 aromatic rings. The van der Waals surface area contributed by atoms with Crippen LogP contribution in [0.25, 0.3) is 0 Å². The maximum absolute atomic E-state index is 12.1. The summed E-state index contributed by atoms with van der Waals surface area (Å²) in [5.74, 6) is -1.76. The molecule has 0 heterocycles. The molecule has 8 heteroatoms. The second-order valence-corrected chi connectivity index (χ2v) is 13.6. The quantitative estimate of drug-likeness (QED) is 0.379. The Morgan fingerprint density at radius 2 is 1.83 bits per heavy atom. The molecular weight excluding hydrogens is 332 g/mol. The van der Waals surface area contributed by atoms with Gasteiger partial charge in [-0.3, -0.25) is 14.4 Å². The Balaban J connectivity index is 4.63. The van der Waals surface area contributed by atoms with Crippen molar-refractivity contribution in [1.29, 1.82) is 0 Å². The summed E-state index contributed by atoms with van der Waals surface area (Å²) in [6, 6.07) is 0. The molecule has 3 unspecified atom stereocenters. The van der Waals surface area contributed by atoms with Crippen molar-refractivity contribution in [3.8, 4) is 0 Å². The van der Waals surface area contributed by atoms with Crippen LogP contribution in [0.3, 0.4) is 0 Å². The summed E-state index contributed by atoms with van der Waals surface area (Å²) in [6.45, 7) is 12.1. The Hall–Kier alpha value is -0.996. The van der Waals surface area contributed by atoms with Gasteiger partial charge in [0.1, 0.15) is 0 Å². The molecule has 0 amide bonds. The van der Waals surface area contributed by atoms with Crippen LogP contribution in [-0.4, -0.2) is 54.6 Å². The molecule has 0 spiro atoms. The molecule has 0 aromatic carbocycles. The van der Waals surface area contributed by atoms with Gasteiger partial charge in [0, 0.05) is 22.2 Å². The topological polar surface area (TPSA) is 89.9 Å². The zero-order valence-electron chi connectivity index (χ0n) is 15.2. The summed E-state index contributed by atoms with van der Waals surface area (Å²) in [7, 11) is -1.55. The van der Waals surface area contributed by atoms with E-state index >= 15 is 0 Å². The van der Waals surface area contributed by atoms with Gasteiger partial charge in [-0.2, -0.15) is 0 Å². The molecule has 0 aromatic heterocycles. The van der Waals surface area contributed by atoms with Crippen molar-refractivity contribution in [3.05, 3.63) is 0 Å². The number of carbonyl (C=O) groups excluding carboxylic acids is 2. The number of ether oxygens (including phenoxy) is 1. The van der Waals surface area contributed by atoms with E-state index < -0.39 is 31.9 Å². The van der Waals surface area contributed by atoms with Crippen LogP contribution in [0.1, 0.15) is 34.1 Å². The van der Waals surface area contributed by atoms with E-state index in [0.717, 1.165) is 0 Å². The molecule has 0 saturated heterocycles. The Morgan fingerprint density at radius 1 is 1.30 bits per heavy atom. The van der Waals surface area contributed by atoms with E-state index in [1.165, 1.54) is 0 Å². The Morgan fingerprint density at radius 3 is 2.22 bits per heavy atom. The predicted molar refractivity (Wildman–Crippen MR) is 94.2 cm³/mol. The lowest BCUT2D eigenvalue weighted by molar-refractivity contribution is -0.154. The largest absolute Gasteiger partial charge is 0.481 e. The summed E-state index contributed by atoms with van der Waals surface area (Å²) in [4.78, 5) is 33.9. The number of carboxylic acids is 1. The highest BCUT2D eigenvalue weighted by Gasteiger charge is 2.38. The summed E-state index contributed by atoms with van der Waals surface area (Å²) < 4.78 is 11.1. The predicted octanol–water partition coefficient (Wildman–Crippen LogP) is 1.38. The highest BCUT2D eigenvalue weighted by molar-refractivity contribution is 6.74. The maximum atomic E-state index is 12.1. The number of aliphatic carboxylic acids is 1. The minimum Gasteiger partial charge on any atom is -0.481 e. The Labute approximate surface area is 142 Å². The van der Waals surface area contributed by atoms with Crippen molar-refractivity contribution in [1.82, 2.24) is 0 Å². The van der Waals surface area contributed by atoms with Crippen molar-refractivity contribution in [2.45, 2.75) is 63.9 Å². The van der Waals surface area contributed by atoms with Crippen LogP contribution >= 0.6 is 0 Å². The smallest absolute Gasteiger partial charge is 0.306 e. The molecule has 0 radical (unpaired) electrons. The average molecular weight is 363 g/mol. The molecule has 3 atom stereocenters. The van der Waals surface area contributed by atoms with Gasteiger partial charge in [0.2, 0.25) is 0 Å². The first-order valence-electron chi connectivity index (χ1n) is 7.83. The normalized spacial score (nSPS) is 16.4. The van der Waals surface area contributed by atoms with Gasteiger partial charge in [0.25, 0.3) is 0 Å². The molecule has 0 fully saturated rings. The SMILES string of the molecule is CC(CC(=O)O)C([SiH3])C(=O)OC(C=O)CO[Si](C)(C)C(C)(C)C. The molecule has 23 heavy (non-hydrogen) atoms. The van der Waals surface area contributed by atoms with Gasteiger partial charge >= 0.3 is 11.9 Å². The third-order valence-corrected chi connectivity index (χ3v) is 10.7. The van der Waals surface area contributed by atoms with Crippen LogP contribution in [0.2, 0.25) is 23.7 Å². The summed E-state index contributed by atoms with van der Waals surface area (Å²) in [6.07, 6.45) is -0.457. The molecule has 134 valence electrons. The minimum absolute atomic E-state index is 0.000645. The second-order valence-electron chi connectivity index (χ2n) is 7.55. The van der Waals surface area contributed by atoms with E-state index in [4.69, 9.17) is 14.3 Å². The van der Waals surface area contributed by atoms with Crippen LogP contribution in [0.15, 0.2) is 0 Å². The van der Waals surface area contributed by atoms with E-state index in [9.17, 15) is 14.4 Å². The fourth-order valence-electron chi connectivity index (χ4n) is 1.55. The molecule has 6 nitrogen and oxygen atoms in total. The van der Waals surface area contributed by atoms with Crippen LogP contribution < -0.4 is 0 Å². The summed E-state index contributed by atoms with van der Waals surface area (Å²) >= 11 is 0. The molecule has 0 rings (SSSR count). The molecule has 0 aliphatic rings. The zero-order chi connectivity index (χ0) is 18.4. The van der Waals surface area contributed by atoms with Gasteiger partial charge in [0.15, 0.2) is 20.7 Å². The van der Waals surface area contributed by atoms with E-state index in [2.05, 4.69) is 33.9 Å². The monoisotopic (exact) mass is 362 g/mol. The van der Waals surface area contributed by atoms with Gasteiger partial charge in [-0.1, -0.05) is 27.7 Å². The van der Waals surface area contributed by atoms with Crippen molar-refractivity contribution >= 4 is 36.8 Å². The first-order valence-corrected chi connectivity index (χ1v) is 11.9. The van der Waals surface area contributed by atoms with Crippen LogP contribution in [0, 0.1) is 5.92 Å². The third-order valence-electron chi connectivity index (χ3n) is 4.56. The highest BCUT2D eigenvalue weighted by atomic mass is 28.4. The van der Waals surface area contributed by atoms with Crippen LogP contribution in [0.4, 0.5) is 0 Å². The number of aldehydes is 1. The number of hydrogen-bond donors (Lipinski definition) is 1. The van der Waals surface area contributed by atoms with Gasteiger partial charge < -0.3 is 14.3 Å². The Kier molecular flexibility index (Phi) is 8.36. The number of rotatable bonds is 9. The molecule has 0 aliphatic heterocycles. The zero-order valence-corrected chi connectivity index (χ0v) is 18.2. The summed E-state index contributed by atoms with van der Waals surface area (Å²) in [5, 5.41) is 8.78. The lowest BCUT2D eigenvalue weighted by Crippen LogP contribution is -2.43. The van der Waals surface area contributed by atoms with Gasteiger partial charge in [-0.05, 0) is 24.1 Å². The highest BCUT2D eigenvalue weighted by Crippen LogP contribution is 2.36. The van der Waals surface area contributed by atoms with E-state index in [1.807, 2.05) is 0 Å². The maximum Gasteiger partial charge on any atom is 0.306 e. The van der Waals surface area contributed by atoms with E-state index in [-0.39, 0.29) is 24.0 Å². The lowest BCUT2D eigenvalue weighted by Gasteiger charge is -2.36. The van der Waals surface area contributed by atoms with E-state index in [0.29, 0.717) is 16.5 Å². The van der Waals surface area contributed by atoms with E-state index in [1.54, 1.807) is 6.92 Å². The first kappa shape index (κ1) is 22.0. The van der Waals surface area contributed by atoms with Gasteiger partial charge in [0.05, 0.1) is 6.61 Å². The average Bonchev–Trinajstić information content (AvgIpc) is 2.40. The van der Waals surface area contributed by atoms with Crippen molar-refractivity contribution in [2.75, 3.05) is 6.61 Å². The minimum atomic E-state index is -2.03. The fourth-order valence-corrected chi connectivity index (χ4v) is 2.93. The lowest BCUT2D eigenvalue weighted by atomic mass is 10.0. The van der Waals surface area contributed by atoms with Crippen LogP contribution in [0.5, 0.6) is 0 Å². The Bertz CT molecular complexity index is 430. The fraction of sp³-hybridized carbons (Fsp3) is 0.800.